The van der Waals surface area contributed by atoms with Crippen LogP contribution in [0.25, 0.3) is 0 Å². The summed E-state index contributed by atoms with van der Waals surface area (Å²) >= 11 is 3.48. The molecule has 2 nitrogen and oxygen atoms in total. The monoisotopic (exact) mass is 331 g/mol. The quantitative estimate of drug-likeness (QED) is 0.911. The molecule has 1 aliphatic carbocycles. The van der Waals surface area contributed by atoms with E-state index < -0.39 is 0 Å². The molecule has 2 aromatic carbocycles. The van der Waals surface area contributed by atoms with Crippen LogP contribution in [0.1, 0.15) is 35.6 Å². The van der Waals surface area contributed by atoms with Gasteiger partial charge in [0.05, 0.1) is 6.61 Å². The number of halogens is 1. The molecule has 104 valence electrons. The molecule has 2 N–H and O–H groups in total. The predicted molar refractivity (Wildman–Crippen MR) is 85.1 cm³/mol. The van der Waals surface area contributed by atoms with E-state index in [1.54, 1.807) is 0 Å². The van der Waals surface area contributed by atoms with Crippen LogP contribution in [0, 0.1) is 0 Å². The van der Waals surface area contributed by atoms with Gasteiger partial charge in [0, 0.05) is 22.0 Å². The number of rotatable bonds is 4. The van der Waals surface area contributed by atoms with Crippen molar-refractivity contribution in [2.24, 2.45) is 5.73 Å². The van der Waals surface area contributed by atoms with Gasteiger partial charge in [-0.1, -0.05) is 40.2 Å². The van der Waals surface area contributed by atoms with Crippen LogP contribution in [0.4, 0.5) is 0 Å². The first-order valence-corrected chi connectivity index (χ1v) is 7.70. The molecule has 1 aliphatic rings. The summed E-state index contributed by atoms with van der Waals surface area (Å²) in [7, 11) is 0. The SMILES string of the molecule is CC(N)c1cc(Br)ccc1OCC1Cc2ccccc21. The van der Waals surface area contributed by atoms with Crippen molar-refractivity contribution >= 4 is 15.9 Å². The molecule has 20 heavy (non-hydrogen) atoms. The van der Waals surface area contributed by atoms with Gasteiger partial charge in [0.2, 0.25) is 0 Å². The summed E-state index contributed by atoms with van der Waals surface area (Å²) in [5, 5.41) is 0. The average molecular weight is 332 g/mol. The standard InChI is InChI=1S/C17H18BrNO/c1-11(19)16-9-14(18)6-7-17(16)20-10-13-8-12-4-2-3-5-15(12)13/h2-7,9,11,13H,8,10,19H2,1H3. The molecule has 0 bridgehead atoms. The zero-order chi connectivity index (χ0) is 14.1. The molecule has 2 unspecified atom stereocenters. The van der Waals surface area contributed by atoms with Gasteiger partial charge in [0.15, 0.2) is 0 Å². The number of ether oxygens (including phenoxy) is 1. The number of hydrogen-bond acceptors (Lipinski definition) is 2. The van der Waals surface area contributed by atoms with Crippen molar-refractivity contribution in [3.63, 3.8) is 0 Å². The van der Waals surface area contributed by atoms with E-state index in [1.807, 2.05) is 25.1 Å². The van der Waals surface area contributed by atoms with Crippen LogP contribution >= 0.6 is 15.9 Å². The van der Waals surface area contributed by atoms with E-state index in [4.69, 9.17) is 10.5 Å². The highest BCUT2D eigenvalue weighted by Crippen LogP contribution is 2.36. The van der Waals surface area contributed by atoms with E-state index in [0.29, 0.717) is 5.92 Å². The molecule has 0 amide bonds. The summed E-state index contributed by atoms with van der Waals surface area (Å²) in [5.74, 6) is 1.41. The topological polar surface area (TPSA) is 35.2 Å². The third-order valence-electron chi connectivity index (χ3n) is 3.86. The Labute approximate surface area is 128 Å². The molecule has 0 spiro atoms. The van der Waals surface area contributed by atoms with Gasteiger partial charge >= 0.3 is 0 Å². The van der Waals surface area contributed by atoms with Crippen molar-refractivity contribution in [1.82, 2.24) is 0 Å². The molecule has 2 aromatic rings. The van der Waals surface area contributed by atoms with Crippen molar-refractivity contribution in [1.29, 1.82) is 0 Å². The Balaban J connectivity index is 1.71. The molecule has 0 saturated heterocycles. The predicted octanol–water partition coefficient (Wildman–Crippen LogP) is 4.19. The van der Waals surface area contributed by atoms with Gasteiger partial charge in [0.1, 0.15) is 5.75 Å². The fourth-order valence-electron chi connectivity index (χ4n) is 2.71. The van der Waals surface area contributed by atoms with Gasteiger partial charge in [0.25, 0.3) is 0 Å². The summed E-state index contributed by atoms with van der Waals surface area (Å²) in [6, 6.07) is 14.6. The second kappa shape index (κ2) is 5.58. The summed E-state index contributed by atoms with van der Waals surface area (Å²) in [5.41, 5.74) is 9.93. The highest BCUT2D eigenvalue weighted by Gasteiger charge is 2.26. The van der Waals surface area contributed by atoms with E-state index in [9.17, 15) is 0 Å². The maximum atomic E-state index is 6.01. The third-order valence-corrected chi connectivity index (χ3v) is 4.36. The lowest BCUT2D eigenvalue weighted by molar-refractivity contribution is 0.272. The molecule has 0 radical (unpaired) electrons. The Morgan fingerprint density at radius 2 is 2.10 bits per heavy atom. The normalized spacial score (nSPS) is 18.1. The van der Waals surface area contributed by atoms with Crippen molar-refractivity contribution in [2.45, 2.75) is 25.3 Å². The smallest absolute Gasteiger partial charge is 0.124 e. The first-order valence-electron chi connectivity index (χ1n) is 6.91. The summed E-state index contributed by atoms with van der Waals surface area (Å²) < 4.78 is 7.05. The largest absolute Gasteiger partial charge is 0.493 e. The zero-order valence-corrected chi connectivity index (χ0v) is 13.1. The highest BCUT2D eigenvalue weighted by molar-refractivity contribution is 9.10. The molecular formula is C17H18BrNO. The van der Waals surface area contributed by atoms with Crippen LogP contribution in [-0.4, -0.2) is 6.61 Å². The second-order valence-corrected chi connectivity index (χ2v) is 6.30. The fourth-order valence-corrected chi connectivity index (χ4v) is 3.09. The molecule has 0 saturated carbocycles. The molecular weight excluding hydrogens is 314 g/mol. The first-order chi connectivity index (χ1) is 9.65. The van der Waals surface area contributed by atoms with Crippen LogP contribution in [0.3, 0.4) is 0 Å². The zero-order valence-electron chi connectivity index (χ0n) is 11.5. The van der Waals surface area contributed by atoms with Crippen LogP contribution in [-0.2, 0) is 6.42 Å². The van der Waals surface area contributed by atoms with Gasteiger partial charge in [-0.3, -0.25) is 0 Å². The maximum Gasteiger partial charge on any atom is 0.124 e. The number of nitrogens with two attached hydrogens (primary N) is 1. The van der Waals surface area contributed by atoms with Crippen molar-refractivity contribution in [2.75, 3.05) is 6.61 Å². The van der Waals surface area contributed by atoms with Gasteiger partial charge in [-0.15, -0.1) is 0 Å². The molecule has 3 heteroatoms. The van der Waals surface area contributed by atoms with Crippen molar-refractivity contribution in [3.8, 4) is 5.75 Å². The van der Waals surface area contributed by atoms with Crippen molar-refractivity contribution in [3.05, 3.63) is 63.6 Å². The lowest BCUT2D eigenvalue weighted by atomic mass is 9.78. The van der Waals surface area contributed by atoms with E-state index in [2.05, 4.69) is 40.2 Å². The van der Waals surface area contributed by atoms with Gasteiger partial charge in [-0.25, -0.2) is 0 Å². The minimum absolute atomic E-state index is 0.0313. The lowest BCUT2D eigenvalue weighted by Crippen LogP contribution is -2.23. The van der Waals surface area contributed by atoms with Crippen LogP contribution in [0.15, 0.2) is 46.9 Å². The number of hydrogen-bond donors (Lipinski definition) is 1. The highest BCUT2D eigenvalue weighted by atomic mass is 79.9. The molecule has 0 fully saturated rings. The molecule has 0 aromatic heterocycles. The number of fused-ring (bicyclic) bond motifs is 1. The van der Waals surface area contributed by atoms with Crippen molar-refractivity contribution < 1.29 is 4.74 Å². The van der Waals surface area contributed by atoms with Gasteiger partial charge < -0.3 is 10.5 Å². The lowest BCUT2D eigenvalue weighted by Gasteiger charge is -2.30. The first kappa shape index (κ1) is 13.7. The molecule has 2 atom stereocenters. The Kier molecular flexibility index (Phi) is 3.81. The molecule has 0 aliphatic heterocycles. The Morgan fingerprint density at radius 3 is 2.85 bits per heavy atom. The van der Waals surface area contributed by atoms with Gasteiger partial charge in [-0.2, -0.15) is 0 Å². The van der Waals surface area contributed by atoms with Crippen LogP contribution in [0.2, 0.25) is 0 Å². The van der Waals surface area contributed by atoms with E-state index in [0.717, 1.165) is 28.8 Å². The summed E-state index contributed by atoms with van der Waals surface area (Å²) in [6.07, 6.45) is 1.11. The van der Waals surface area contributed by atoms with Crippen LogP contribution in [0.5, 0.6) is 5.75 Å². The van der Waals surface area contributed by atoms with E-state index in [-0.39, 0.29) is 6.04 Å². The molecule has 3 rings (SSSR count). The fraction of sp³-hybridized carbons (Fsp3) is 0.294. The van der Waals surface area contributed by atoms with E-state index >= 15 is 0 Å². The van der Waals surface area contributed by atoms with Gasteiger partial charge in [-0.05, 0) is 42.7 Å². The average Bonchev–Trinajstić information content (AvgIpc) is 2.41. The minimum atomic E-state index is -0.0313. The summed E-state index contributed by atoms with van der Waals surface area (Å²) in [6.45, 7) is 2.70. The number of benzene rings is 2. The van der Waals surface area contributed by atoms with Crippen LogP contribution < -0.4 is 10.5 Å². The third kappa shape index (κ3) is 2.60. The Bertz CT molecular complexity index is 624. The maximum absolute atomic E-state index is 6.01. The van der Waals surface area contributed by atoms with E-state index in [1.165, 1.54) is 11.1 Å². The summed E-state index contributed by atoms with van der Waals surface area (Å²) in [4.78, 5) is 0. The molecule has 0 heterocycles. The Morgan fingerprint density at radius 1 is 1.30 bits per heavy atom. The minimum Gasteiger partial charge on any atom is -0.493 e. The second-order valence-electron chi connectivity index (χ2n) is 5.38. The Hall–Kier alpha value is -1.32.